The molecule has 0 fully saturated rings. The predicted molar refractivity (Wildman–Crippen MR) is 270 cm³/mol. The molecule has 4 bridgehead atoms. The summed E-state index contributed by atoms with van der Waals surface area (Å²) in [6.45, 7) is 11.7. The van der Waals surface area contributed by atoms with Crippen LogP contribution in [0.1, 0.15) is 232 Å². The molecular formula is C62H70O4. The summed E-state index contributed by atoms with van der Waals surface area (Å²) >= 11 is 0. The first-order chi connectivity index (χ1) is 32.6. The minimum absolute atomic E-state index is 0.184. The van der Waals surface area contributed by atoms with E-state index >= 15 is 0 Å². The summed E-state index contributed by atoms with van der Waals surface area (Å²) in [5.41, 5.74) is 16.4. The first-order valence-electron chi connectivity index (χ1n) is 25.8. The number of hydrogen-bond donors (Lipinski definition) is 0. The Labute approximate surface area is 396 Å². The largest absolute Gasteiger partial charge is 0.493 e. The van der Waals surface area contributed by atoms with Gasteiger partial charge in [-0.15, -0.1) is 12.8 Å². The van der Waals surface area contributed by atoms with Crippen molar-refractivity contribution in [3.05, 3.63) is 151 Å². The molecule has 0 aliphatic heterocycles. The second-order valence-corrected chi connectivity index (χ2v) is 19.1. The van der Waals surface area contributed by atoms with Crippen LogP contribution in [0.4, 0.5) is 0 Å². The van der Waals surface area contributed by atoms with E-state index in [1.54, 1.807) is 0 Å². The van der Waals surface area contributed by atoms with Crippen LogP contribution < -0.4 is 18.9 Å². The van der Waals surface area contributed by atoms with E-state index in [-0.39, 0.29) is 23.7 Å². The topological polar surface area (TPSA) is 36.9 Å². The average molecular weight is 879 g/mol. The van der Waals surface area contributed by atoms with Crippen LogP contribution in [0, 0.1) is 24.7 Å². The fourth-order valence-electron chi connectivity index (χ4n) is 12.0. The second-order valence-electron chi connectivity index (χ2n) is 19.1. The standard InChI is InChI=1S/C62H70O4/c1-7-13-17-25-37-63-47-33-34-48(64-38-26-18-14-8-2)60-56-44-30-22-21-29-43(44)55(59(47)60)51-41(11-5)53-54(42(12-6)52(51)56)58-46-32-24-23-31-45(46)57(53)61-49(65-39-27-19-15-9-3)35-36-50(62(58)61)66-40-28-20-16-10-4/h5-6,21-24,29-36,55-58H,7-10,13-20,25-28,37-40H2,1-4H3/t55-,56-,57?,58?/m1/s1. The minimum Gasteiger partial charge on any atom is -0.493 e. The molecule has 5 aromatic rings. The van der Waals surface area contributed by atoms with Crippen molar-refractivity contribution in [3.63, 3.8) is 0 Å². The molecule has 0 heterocycles. The van der Waals surface area contributed by atoms with Gasteiger partial charge in [-0.3, -0.25) is 0 Å². The zero-order valence-electron chi connectivity index (χ0n) is 40.2. The van der Waals surface area contributed by atoms with Gasteiger partial charge in [0.2, 0.25) is 0 Å². The molecule has 4 heteroatoms. The Hall–Kier alpha value is -5.58. The first kappa shape index (κ1) is 45.6. The summed E-state index contributed by atoms with van der Waals surface area (Å²) in [5.74, 6) is 9.81. The van der Waals surface area contributed by atoms with E-state index in [4.69, 9.17) is 31.8 Å². The molecule has 6 aliphatic rings. The fourth-order valence-corrected chi connectivity index (χ4v) is 12.0. The normalized spacial score (nSPS) is 17.4. The molecule has 0 saturated heterocycles. The molecule has 0 aromatic heterocycles. The van der Waals surface area contributed by atoms with Crippen molar-refractivity contribution in [1.29, 1.82) is 0 Å². The quantitative estimate of drug-likeness (QED) is 0.0448. The van der Waals surface area contributed by atoms with Gasteiger partial charge >= 0.3 is 0 Å². The van der Waals surface area contributed by atoms with E-state index in [0.29, 0.717) is 26.4 Å². The zero-order chi connectivity index (χ0) is 45.6. The van der Waals surface area contributed by atoms with E-state index in [9.17, 15) is 0 Å². The number of hydrogen-bond acceptors (Lipinski definition) is 4. The fraction of sp³-hybridized carbons (Fsp3) is 0.452. The smallest absolute Gasteiger partial charge is 0.124 e. The van der Waals surface area contributed by atoms with Gasteiger partial charge < -0.3 is 18.9 Å². The molecule has 0 radical (unpaired) electrons. The molecule has 5 aromatic carbocycles. The summed E-state index contributed by atoms with van der Waals surface area (Å²) in [6.07, 6.45) is 32.2. The van der Waals surface area contributed by atoms with Crippen LogP contribution in [0.15, 0.2) is 72.8 Å². The van der Waals surface area contributed by atoms with E-state index in [2.05, 4.69) is 112 Å². The first-order valence-corrected chi connectivity index (χ1v) is 25.8. The van der Waals surface area contributed by atoms with Gasteiger partial charge in [-0.2, -0.15) is 0 Å². The highest BCUT2D eigenvalue weighted by Gasteiger charge is 2.53. The molecule has 6 aliphatic carbocycles. The maximum Gasteiger partial charge on any atom is 0.124 e. The van der Waals surface area contributed by atoms with Crippen LogP contribution in [-0.4, -0.2) is 26.4 Å². The van der Waals surface area contributed by atoms with Crippen molar-refractivity contribution in [3.8, 4) is 47.7 Å². The highest BCUT2D eigenvalue weighted by atomic mass is 16.5. The zero-order valence-corrected chi connectivity index (χ0v) is 40.2. The van der Waals surface area contributed by atoms with Crippen LogP contribution in [0.25, 0.3) is 0 Å². The Morgan fingerprint density at radius 2 is 0.576 bits per heavy atom. The van der Waals surface area contributed by atoms with Crippen LogP contribution in [-0.2, 0) is 0 Å². The number of terminal acetylenes is 2. The third-order valence-electron chi connectivity index (χ3n) is 14.9. The number of unbranched alkanes of at least 4 members (excludes halogenated alkanes) is 12. The Balaban J connectivity index is 1.27. The lowest BCUT2D eigenvalue weighted by Gasteiger charge is -2.49. The Morgan fingerprint density at radius 1 is 0.333 bits per heavy atom. The van der Waals surface area contributed by atoms with Gasteiger partial charge in [-0.1, -0.05) is 165 Å². The van der Waals surface area contributed by atoms with E-state index in [1.807, 2.05) is 0 Å². The summed E-state index contributed by atoms with van der Waals surface area (Å²) in [5, 5.41) is 0. The van der Waals surface area contributed by atoms with E-state index < -0.39 is 0 Å². The van der Waals surface area contributed by atoms with Crippen LogP contribution in [0.2, 0.25) is 0 Å². The average Bonchev–Trinajstić information content (AvgIpc) is 3.35. The van der Waals surface area contributed by atoms with Crippen molar-refractivity contribution in [2.24, 2.45) is 0 Å². The van der Waals surface area contributed by atoms with Crippen molar-refractivity contribution >= 4 is 0 Å². The third kappa shape index (κ3) is 8.08. The van der Waals surface area contributed by atoms with Gasteiger partial charge in [0.1, 0.15) is 23.0 Å². The summed E-state index contributed by atoms with van der Waals surface area (Å²) in [6, 6.07) is 26.6. The van der Waals surface area contributed by atoms with Crippen molar-refractivity contribution < 1.29 is 18.9 Å². The molecule has 66 heavy (non-hydrogen) atoms. The molecule has 11 rings (SSSR count). The molecule has 342 valence electrons. The van der Waals surface area contributed by atoms with Gasteiger partial charge in [-0.05, 0) is 94.5 Å². The SMILES string of the molecule is C#Cc1c2c(c(C#C)c3c1[C@H]1c4ccccc4[C@H]3c3c(OCCCCCC)ccc(OCCCCCC)c31)C1c3ccccc3C2c2c(OCCCCCC)ccc(OCCCCCC)c21. The highest BCUT2D eigenvalue weighted by molar-refractivity contribution is 5.85. The molecule has 0 saturated carbocycles. The monoisotopic (exact) mass is 879 g/mol. The van der Waals surface area contributed by atoms with Crippen LogP contribution in [0.5, 0.6) is 23.0 Å². The van der Waals surface area contributed by atoms with Gasteiger partial charge in [0.05, 0.1) is 26.4 Å². The second kappa shape index (κ2) is 20.9. The number of rotatable bonds is 24. The summed E-state index contributed by atoms with van der Waals surface area (Å²) in [4.78, 5) is 0. The van der Waals surface area contributed by atoms with Gasteiger partial charge in [-0.25, -0.2) is 0 Å². The minimum atomic E-state index is -0.184. The number of benzene rings is 5. The predicted octanol–water partition coefficient (Wildman–Crippen LogP) is 15.5. The van der Waals surface area contributed by atoms with E-state index in [1.165, 1.54) is 95.9 Å². The van der Waals surface area contributed by atoms with Crippen molar-refractivity contribution in [1.82, 2.24) is 0 Å². The Bertz CT molecular complexity index is 2280. The molecule has 0 N–H and O–H groups in total. The molecular weight excluding hydrogens is 809 g/mol. The third-order valence-corrected chi connectivity index (χ3v) is 14.9. The molecule has 2 unspecified atom stereocenters. The maximum absolute atomic E-state index is 7.02. The Morgan fingerprint density at radius 3 is 0.788 bits per heavy atom. The molecule has 0 spiro atoms. The lowest BCUT2D eigenvalue weighted by atomic mass is 9.53. The molecule has 0 amide bonds. The van der Waals surface area contributed by atoms with E-state index in [0.717, 1.165) is 108 Å². The molecule has 4 nitrogen and oxygen atoms in total. The lowest BCUT2D eigenvalue weighted by Crippen LogP contribution is -2.36. The van der Waals surface area contributed by atoms with Crippen LogP contribution in [0.3, 0.4) is 0 Å². The lowest BCUT2D eigenvalue weighted by molar-refractivity contribution is 0.289. The maximum atomic E-state index is 7.02. The van der Waals surface area contributed by atoms with Crippen molar-refractivity contribution in [2.75, 3.05) is 26.4 Å². The van der Waals surface area contributed by atoms with Gasteiger partial charge in [0, 0.05) is 57.1 Å². The highest BCUT2D eigenvalue weighted by Crippen LogP contribution is 2.67. The van der Waals surface area contributed by atoms with Crippen molar-refractivity contribution in [2.45, 2.75) is 154 Å². The van der Waals surface area contributed by atoms with Crippen LogP contribution >= 0.6 is 0 Å². The molecule has 4 atom stereocenters. The van der Waals surface area contributed by atoms with Gasteiger partial charge in [0.15, 0.2) is 0 Å². The summed E-state index contributed by atoms with van der Waals surface area (Å²) < 4.78 is 27.6. The Kier molecular flexibility index (Phi) is 14.5. The number of ether oxygens (including phenoxy) is 4. The van der Waals surface area contributed by atoms with Gasteiger partial charge in [0.25, 0.3) is 0 Å². The summed E-state index contributed by atoms with van der Waals surface area (Å²) in [7, 11) is 0.